The van der Waals surface area contributed by atoms with Crippen molar-refractivity contribution in [1.29, 1.82) is 0 Å². The molecule has 0 radical (unpaired) electrons. The van der Waals surface area contributed by atoms with Gasteiger partial charge in [-0.15, -0.1) is 11.3 Å². The second-order valence-corrected chi connectivity index (χ2v) is 8.02. The van der Waals surface area contributed by atoms with Crippen molar-refractivity contribution in [2.75, 3.05) is 17.7 Å². The number of benzene rings is 2. The lowest BCUT2D eigenvalue weighted by Crippen LogP contribution is -2.20. The van der Waals surface area contributed by atoms with Crippen molar-refractivity contribution >= 4 is 67.7 Å². The molecule has 0 aliphatic heterocycles. The number of rotatable bonds is 5. The van der Waals surface area contributed by atoms with Crippen LogP contribution in [-0.4, -0.2) is 18.2 Å². The van der Waals surface area contributed by atoms with Crippen LogP contribution in [0, 0.1) is 0 Å². The average Bonchev–Trinajstić information content (AvgIpc) is 3.03. The monoisotopic (exact) mass is 432 g/mol. The number of aryl methyl sites for hydroxylation is 2. The predicted octanol–water partition coefficient (Wildman–Crippen LogP) is 6.28. The Morgan fingerprint density at radius 1 is 1.14 bits per heavy atom. The van der Waals surface area contributed by atoms with E-state index in [1.54, 1.807) is 0 Å². The van der Waals surface area contributed by atoms with Crippen LogP contribution in [0.2, 0.25) is 5.02 Å². The summed E-state index contributed by atoms with van der Waals surface area (Å²) in [4.78, 5) is 12.3. The van der Waals surface area contributed by atoms with Gasteiger partial charge in [-0.3, -0.25) is 0 Å². The second-order valence-electron chi connectivity index (χ2n) is 6.19. The van der Waals surface area contributed by atoms with Gasteiger partial charge in [-0.05, 0) is 54.4 Å². The van der Waals surface area contributed by atoms with Crippen LogP contribution < -0.4 is 10.6 Å². The number of ether oxygens (including phenoxy) is 1. The SMILES string of the molecule is CCc1cccc(CC)c1NC(=S)Nc1ccc2c(Cl)c(C(=O)OC)sc2c1. The van der Waals surface area contributed by atoms with Crippen LogP contribution in [0.4, 0.5) is 11.4 Å². The zero-order valence-corrected chi connectivity index (χ0v) is 18.3. The molecule has 0 bridgehead atoms. The van der Waals surface area contributed by atoms with Crippen molar-refractivity contribution in [2.45, 2.75) is 26.7 Å². The van der Waals surface area contributed by atoms with Crippen molar-refractivity contribution in [1.82, 2.24) is 0 Å². The third-order valence-corrected chi connectivity index (χ3v) is 6.34. The third-order valence-electron chi connectivity index (χ3n) is 4.50. The Morgan fingerprint density at radius 3 is 2.43 bits per heavy atom. The molecule has 1 aromatic heterocycles. The molecule has 0 aliphatic rings. The minimum absolute atomic E-state index is 0.404. The molecule has 3 rings (SSSR count). The van der Waals surface area contributed by atoms with Crippen molar-refractivity contribution in [3.63, 3.8) is 0 Å². The molecule has 0 spiro atoms. The second kappa shape index (κ2) is 8.90. The highest BCUT2D eigenvalue weighted by Gasteiger charge is 2.18. The molecule has 0 fully saturated rings. The van der Waals surface area contributed by atoms with Crippen molar-refractivity contribution in [2.24, 2.45) is 0 Å². The summed E-state index contributed by atoms with van der Waals surface area (Å²) in [6.45, 7) is 4.26. The molecule has 2 aromatic carbocycles. The van der Waals surface area contributed by atoms with E-state index in [9.17, 15) is 4.79 Å². The minimum atomic E-state index is -0.429. The van der Waals surface area contributed by atoms with Crippen LogP contribution in [0.25, 0.3) is 10.1 Å². The number of fused-ring (bicyclic) bond motifs is 1. The highest BCUT2D eigenvalue weighted by Crippen LogP contribution is 2.37. The minimum Gasteiger partial charge on any atom is -0.465 e. The molecular formula is C21H21ClN2O2S2. The fourth-order valence-electron chi connectivity index (χ4n) is 3.05. The molecule has 0 saturated heterocycles. The number of hydrogen-bond donors (Lipinski definition) is 2. The molecule has 2 N–H and O–H groups in total. The van der Waals surface area contributed by atoms with Crippen molar-refractivity contribution < 1.29 is 9.53 Å². The van der Waals surface area contributed by atoms with Gasteiger partial charge in [0.2, 0.25) is 0 Å². The lowest BCUT2D eigenvalue weighted by atomic mass is 10.0. The Balaban J connectivity index is 1.83. The predicted molar refractivity (Wildman–Crippen MR) is 123 cm³/mol. The number of methoxy groups -OCH3 is 1. The van der Waals surface area contributed by atoms with Gasteiger partial charge in [0, 0.05) is 21.5 Å². The zero-order valence-electron chi connectivity index (χ0n) is 15.9. The van der Waals surface area contributed by atoms with E-state index >= 15 is 0 Å². The summed E-state index contributed by atoms with van der Waals surface area (Å²) >= 11 is 13.1. The van der Waals surface area contributed by atoms with Gasteiger partial charge in [0.1, 0.15) is 4.88 Å². The van der Waals surface area contributed by atoms with E-state index in [0.29, 0.717) is 15.0 Å². The zero-order chi connectivity index (χ0) is 20.3. The Bertz CT molecular complexity index is 1020. The van der Waals surface area contributed by atoms with Crippen LogP contribution in [0.1, 0.15) is 34.6 Å². The molecule has 0 unspecified atom stereocenters. The van der Waals surface area contributed by atoms with Crippen LogP contribution in [0.15, 0.2) is 36.4 Å². The number of esters is 1. The van der Waals surface area contributed by atoms with Crippen molar-refractivity contribution in [3.05, 3.63) is 57.4 Å². The summed E-state index contributed by atoms with van der Waals surface area (Å²) in [5.41, 5.74) is 4.35. The number of hydrogen-bond acceptors (Lipinski definition) is 4. The molecule has 0 atom stereocenters. The summed E-state index contributed by atoms with van der Waals surface area (Å²) in [6, 6.07) is 12.0. The number of thiophene rings is 1. The first-order chi connectivity index (χ1) is 13.5. The van der Waals surface area contributed by atoms with E-state index in [0.717, 1.165) is 34.3 Å². The van der Waals surface area contributed by atoms with Crippen LogP contribution in [0.5, 0.6) is 0 Å². The van der Waals surface area contributed by atoms with Gasteiger partial charge in [-0.1, -0.05) is 43.6 Å². The molecule has 28 heavy (non-hydrogen) atoms. The first-order valence-corrected chi connectivity index (χ1v) is 10.6. The molecule has 0 amide bonds. The van der Waals surface area contributed by atoms with Gasteiger partial charge in [-0.25, -0.2) is 4.79 Å². The number of carbonyl (C=O) groups is 1. The first kappa shape index (κ1) is 20.6. The third kappa shape index (κ3) is 4.14. The summed E-state index contributed by atoms with van der Waals surface area (Å²) in [6.07, 6.45) is 1.85. The summed E-state index contributed by atoms with van der Waals surface area (Å²) < 4.78 is 5.68. The summed E-state index contributed by atoms with van der Waals surface area (Å²) in [5.74, 6) is -0.429. The standard InChI is InChI=1S/C21H21ClN2O2S2/c1-4-12-7-6-8-13(5-2)18(12)24-21(27)23-14-9-10-15-16(11-14)28-19(17(15)22)20(25)26-3/h6-11H,4-5H2,1-3H3,(H2,23,24,27). The highest BCUT2D eigenvalue weighted by atomic mass is 35.5. The molecule has 3 aromatic rings. The first-order valence-electron chi connectivity index (χ1n) is 8.97. The molecule has 0 saturated carbocycles. The van der Waals surface area contributed by atoms with Gasteiger partial charge in [-0.2, -0.15) is 0 Å². The number of thiocarbonyl (C=S) groups is 1. The van der Waals surface area contributed by atoms with Gasteiger partial charge in [0.05, 0.1) is 12.1 Å². The van der Waals surface area contributed by atoms with E-state index in [4.69, 9.17) is 28.6 Å². The fourth-order valence-corrected chi connectivity index (χ4v) is 4.73. The summed E-state index contributed by atoms with van der Waals surface area (Å²) in [5, 5.41) is 8.33. The number of halogens is 1. The average molecular weight is 433 g/mol. The molecule has 1 heterocycles. The largest absolute Gasteiger partial charge is 0.465 e. The number of anilines is 2. The Morgan fingerprint density at radius 2 is 1.82 bits per heavy atom. The van der Waals surface area contributed by atoms with Gasteiger partial charge in [0.25, 0.3) is 0 Å². The topological polar surface area (TPSA) is 50.4 Å². The van der Waals surface area contributed by atoms with E-state index in [1.165, 1.54) is 29.6 Å². The Hall–Kier alpha value is -2.15. The smallest absolute Gasteiger partial charge is 0.349 e. The molecule has 146 valence electrons. The van der Waals surface area contributed by atoms with E-state index < -0.39 is 5.97 Å². The van der Waals surface area contributed by atoms with E-state index in [1.807, 2.05) is 18.2 Å². The maximum atomic E-state index is 11.8. The number of carbonyl (C=O) groups excluding carboxylic acids is 1. The fraction of sp³-hybridized carbons (Fsp3) is 0.238. The maximum absolute atomic E-state index is 11.8. The molecular weight excluding hydrogens is 412 g/mol. The van der Waals surface area contributed by atoms with Crippen molar-refractivity contribution in [3.8, 4) is 0 Å². The van der Waals surface area contributed by atoms with E-state index in [-0.39, 0.29) is 0 Å². The lowest BCUT2D eigenvalue weighted by Gasteiger charge is -2.17. The lowest BCUT2D eigenvalue weighted by molar-refractivity contribution is 0.0606. The highest BCUT2D eigenvalue weighted by molar-refractivity contribution is 7.80. The molecule has 7 heteroatoms. The molecule has 4 nitrogen and oxygen atoms in total. The van der Waals surface area contributed by atoms with Gasteiger partial charge in [0.15, 0.2) is 5.11 Å². The Labute approximate surface area is 178 Å². The Kier molecular flexibility index (Phi) is 6.54. The van der Waals surface area contributed by atoms with E-state index in [2.05, 4.69) is 42.7 Å². The summed E-state index contributed by atoms with van der Waals surface area (Å²) in [7, 11) is 1.35. The maximum Gasteiger partial charge on any atom is 0.349 e. The quantitative estimate of drug-likeness (QED) is 0.367. The van der Waals surface area contributed by atoms with Crippen LogP contribution in [0.3, 0.4) is 0 Å². The van der Waals surface area contributed by atoms with Gasteiger partial charge >= 0.3 is 5.97 Å². The number of para-hydroxylation sites is 1. The van der Waals surface area contributed by atoms with Crippen LogP contribution >= 0.6 is 35.2 Å². The van der Waals surface area contributed by atoms with Crippen LogP contribution in [-0.2, 0) is 17.6 Å². The van der Waals surface area contributed by atoms with Gasteiger partial charge < -0.3 is 15.4 Å². The number of nitrogens with one attached hydrogen (secondary N) is 2. The molecule has 0 aliphatic carbocycles. The normalized spacial score (nSPS) is 10.7.